The number of carbonyl (C=O) groups is 1. The molecule has 0 saturated heterocycles. The summed E-state index contributed by atoms with van der Waals surface area (Å²) in [6.45, 7) is 0. The quantitative estimate of drug-likeness (QED) is 0.172. The van der Waals surface area contributed by atoms with Gasteiger partial charge < -0.3 is 25.3 Å². The predicted octanol–water partition coefficient (Wildman–Crippen LogP) is 7.06. The monoisotopic (exact) mass is 594 g/mol. The molecule has 222 valence electrons. The Morgan fingerprint density at radius 2 is 1.70 bits per heavy atom. The molecule has 3 aromatic carbocycles. The molecule has 8 nitrogen and oxygen atoms in total. The van der Waals surface area contributed by atoms with Crippen LogP contribution in [-0.4, -0.2) is 37.2 Å². The first kappa shape index (κ1) is 26.8. The molecular weight excluding hydrogens is 566 g/mol. The number of benzene rings is 3. The SMILES string of the molecule is O=C(O)[C@H]1C2CCC(CC2)[C@@H]1Nc1cc(-c2ccc3c(c2)Oc2ccccc2C3O)nc(-c2c[nH]c3c(F)cc(F)cc23)n1. The van der Waals surface area contributed by atoms with E-state index in [1.165, 1.54) is 6.07 Å². The number of aliphatic hydroxyl groups excluding tert-OH is 1. The Hall–Kier alpha value is -4.83. The van der Waals surface area contributed by atoms with Gasteiger partial charge in [0.25, 0.3) is 0 Å². The fourth-order valence-electron chi connectivity index (χ4n) is 7.41. The lowest BCUT2D eigenvalue weighted by molar-refractivity contribution is -0.148. The van der Waals surface area contributed by atoms with E-state index in [0.717, 1.165) is 31.7 Å². The van der Waals surface area contributed by atoms with Gasteiger partial charge in [0.05, 0.1) is 17.1 Å². The van der Waals surface area contributed by atoms with Crippen molar-refractivity contribution in [3.63, 3.8) is 0 Å². The number of H-pyrrole nitrogens is 1. The zero-order chi connectivity index (χ0) is 30.1. The summed E-state index contributed by atoms with van der Waals surface area (Å²) in [6, 6.07) is 16.2. The molecular formula is C34H28F2N4O4. The molecule has 3 saturated carbocycles. The maximum Gasteiger partial charge on any atom is 0.308 e. The number of nitrogens with zero attached hydrogens (tertiary/aromatic N) is 2. The van der Waals surface area contributed by atoms with Crippen LogP contribution < -0.4 is 10.1 Å². The third-order valence-corrected chi connectivity index (χ3v) is 9.53. The Balaban J connectivity index is 1.25. The Morgan fingerprint density at radius 3 is 2.52 bits per heavy atom. The van der Waals surface area contributed by atoms with E-state index < -0.39 is 29.6 Å². The minimum atomic E-state index is -0.854. The van der Waals surface area contributed by atoms with Crippen molar-refractivity contribution in [2.45, 2.75) is 37.8 Å². The van der Waals surface area contributed by atoms with Crippen molar-refractivity contribution in [1.82, 2.24) is 15.0 Å². The summed E-state index contributed by atoms with van der Waals surface area (Å²) in [4.78, 5) is 24.8. The van der Waals surface area contributed by atoms with E-state index in [2.05, 4.69) is 10.3 Å². The maximum atomic E-state index is 14.6. The van der Waals surface area contributed by atoms with E-state index in [-0.39, 0.29) is 29.2 Å². The van der Waals surface area contributed by atoms with E-state index in [1.54, 1.807) is 30.5 Å². The molecule has 10 heteroatoms. The number of aliphatic carboxylic acids is 1. The van der Waals surface area contributed by atoms with Gasteiger partial charge in [-0.1, -0.05) is 30.3 Å². The molecule has 3 aliphatic carbocycles. The number of para-hydroxylation sites is 1. The van der Waals surface area contributed by atoms with Gasteiger partial charge in [-0.15, -0.1) is 0 Å². The van der Waals surface area contributed by atoms with E-state index in [0.29, 0.717) is 50.7 Å². The van der Waals surface area contributed by atoms with Crippen molar-refractivity contribution in [3.05, 3.63) is 89.6 Å². The zero-order valence-electron chi connectivity index (χ0n) is 23.4. The van der Waals surface area contributed by atoms with E-state index in [4.69, 9.17) is 14.7 Å². The van der Waals surface area contributed by atoms with Crippen LogP contribution in [0.4, 0.5) is 14.6 Å². The first-order valence-electron chi connectivity index (χ1n) is 14.8. The number of halogens is 2. The van der Waals surface area contributed by atoms with Gasteiger partial charge in [-0.25, -0.2) is 18.7 Å². The normalized spacial score (nSPS) is 23.6. The molecule has 1 unspecified atom stereocenters. The third kappa shape index (κ3) is 4.31. The first-order valence-corrected chi connectivity index (χ1v) is 14.8. The number of aliphatic hydroxyl groups is 1. The van der Waals surface area contributed by atoms with Crippen molar-refractivity contribution in [3.8, 4) is 34.1 Å². The molecule has 5 aromatic rings. The molecule has 4 N–H and O–H groups in total. The fraction of sp³-hybridized carbons (Fsp3) is 0.265. The summed E-state index contributed by atoms with van der Waals surface area (Å²) in [5.74, 6) is -0.838. The molecule has 3 fully saturated rings. The van der Waals surface area contributed by atoms with Gasteiger partial charge in [-0.2, -0.15) is 0 Å². The highest BCUT2D eigenvalue weighted by Gasteiger charge is 2.47. The van der Waals surface area contributed by atoms with Crippen LogP contribution in [0.1, 0.15) is 42.9 Å². The molecule has 2 bridgehead atoms. The molecule has 0 amide bonds. The van der Waals surface area contributed by atoms with E-state index in [1.807, 2.05) is 24.3 Å². The Morgan fingerprint density at radius 1 is 0.932 bits per heavy atom. The molecule has 1 aliphatic heterocycles. The summed E-state index contributed by atoms with van der Waals surface area (Å²) in [5.41, 5.74) is 3.00. The van der Waals surface area contributed by atoms with E-state index in [9.17, 15) is 23.8 Å². The smallest absolute Gasteiger partial charge is 0.308 e. The van der Waals surface area contributed by atoms with Crippen molar-refractivity contribution in [2.24, 2.45) is 17.8 Å². The number of fused-ring (bicyclic) bond motifs is 6. The minimum Gasteiger partial charge on any atom is -0.481 e. The lowest BCUT2D eigenvalue weighted by Gasteiger charge is -2.47. The second-order valence-electron chi connectivity index (χ2n) is 12.0. The number of anilines is 1. The largest absolute Gasteiger partial charge is 0.481 e. The summed E-state index contributed by atoms with van der Waals surface area (Å²) >= 11 is 0. The third-order valence-electron chi connectivity index (χ3n) is 9.53. The van der Waals surface area contributed by atoms with Gasteiger partial charge in [0.1, 0.15) is 35.1 Å². The molecule has 4 aliphatic rings. The molecule has 0 radical (unpaired) electrons. The van der Waals surface area contributed by atoms with Gasteiger partial charge in [0.15, 0.2) is 5.82 Å². The van der Waals surface area contributed by atoms with Crippen LogP contribution in [0.3, 0.4) is 0 Å². The van der Waals surface area contributed by atoms with Gasteiger partial charge in [0.2, 0.25) is 0 Å². The van der Waals surface area contributed by atoms with Crippen LogP contribution in [-0.2, 0) is 4.79 Å². The predicted molar refractivity (Wildman–Crippen MR) is 159 cm³/mol. The summed E-state index contributed by atoms with van der Waals surface area (Å²) in [6.07, 6.45) is 4.39. The summed E-state index contributed by atoms with van der Waals surface area (Å²) in [5, 5.41) is 24.9. The number of aromatic amines is 1. The minimum absolute atomic E-state index is 0.0995. The molecule has 44 heavy (non-hydrogen) atoms. The summed E-state index contributed by atoms with van der Waals surface area (Å²) < 4.78 is 35.1. The highest BCUT2D eigenvalue weighted by Crippen LogP contribution is 2.47. The Kier molecular flexibility index (Phi) is 6.16. The number of ether oxygens (including phenoxy) is 1. The van der Waals surface area contributed by atoms with Crippen molar-refractivity contribution in [1.29, 1.82) is 0 Å². The number of carboxylic acid groups (broad SMARTS) is 1. The highest BCUT2D eigenvalue weighted by molar-refractivity contribution is 5.94. The standard InChI is InChI=1S/C34H28F2N4O4/c35-19-12-22-23(15-37-31(22)24(36)13-19)33-38-25(14-28(40-33)39-30-17-7-5-16(6-8-17)29(30)34(42)43)18-9-10-21-27(11-18)44-26-4-2-1-3-20(26)32(21)41/h1-4,9-17,29-30,32,37,41H,5-8H2,(H,42,43)(H,38,39,40)/t16?,17?,29-,30-,32?/m0/s1. The van der Waals surface area contributed by atoms with Gasteiger partial charge >= 0.3 is 5.97 Å². The fourth-order valence-corrected chi connectivity index (χ4v) is 7.41. The molecule has 3 atom stereocenters. The van der Waals surface area contributed by atoms with Gasteiger partial charge in [-0.05, 0) is 55.7 Å². The second kappa shape index (κ2) is 10.1. The van der Waals surface area contributed by atoms with Crippen molar-refractivity contribution >= 4 is 22.7 Å². The number of rotatable bonds is 5. The first-order chi connectivity index (χ1) is 21.3. The molecule has 3 heterocycles. The van der Waals surface area contributed by atoms with Crippen LogP contribution >= 0.6 is 0 Å². The number of carboxylic acids is 1. The van der Waals surface area contributed by atoms with Crippen LogP contribution in [0, 0.1) is 29.4 Å². The molecule has 0 spiro atoms. The molecule has 9 rings (SSSR count). The highest BCUT2D eigenvalue weighted by atomic mass is 19.1. The number of hydrogen-bond acceptors (Lipinski definition) is 6. The topological polar surface area (TPSA) is 120 Å². The van der Waals surface area contributed by atoms with E-state index >= 15 is 0 Å². The van der Waals surface area contributed by atoms with Crippen molar-refractivity contribution < 1.29 is 28.5 Å². The average Bonchev–Trinajstić information content (AvgIpc) is 3.45. The zero-order valence-corrected chi connectivity index (χ0v) is 23.4. The van der Waals surface area contributed by atoms with Gasteiger partial charge in [-0.3, -0.25) is 4.79 Å². The van der Waals surface area contributed by atoms with Gasteiger partial charge in [0, 0.05) is 52.0 Å². The van der Waals surface area contributed by atoms with Crippen LogP contribution in [0.5, 0.6) is 11.5 Å². The Bertz CT molecular complexity index is 1950. The summed E-state index contributed by atoms with van der Waals surface area (Å²) in [7, 11) is 0. The lowest BCUT2D eigenvalue weighted by atomic mass is 9.61. The Labute approximate surface area is 250 Å². The number of nitrogens with one attached hydrogen (secondary N) is 2. The second-order valence-corrected chi connectivity index (χ2v) is 12.0. The average molecular weight is 595 g/mol. The maximum absolute atomic E-state index is 14.6. The van der Waals surface area contributed by atoms with Crippen LogP contribution in [0.25, 0.3) is 33.5 Å². The van der Waals surface area contributed by atoms with Crippen LogP contribution in [0.15, 0.2) is 66.9 Å². The van der Waals surface area contributed by atoms with Crippen LogP contribution in [0.2, 0.25) is 0 Å². The number of hydrogen-bond donors (Lipinski definition) is 4. The van der Waals surface area contributed by atoms with Crippen molar-refractivity contribution in [2.75, 3.05) is 5.32 Å². The molecule has 2 aromatic heterocycles. The number of aromatic nitrogens is 3. The lowest BCUT2D eigenvalue weighted by Crippen LogP contribution is -2.51.